The summed E-state index contributed by atoms with van der Waals surface area (Å²) in [5, 5.41) is 0. The maximum absolute atomic E-state index is 11.9. The van der Waals surface area contributed by atoms with Crippen LogP contribution < -0.4 is 4.90 Å². The fraction of sp³-hybridized carbons (Fsp3) is 0.462. The third-order valence-electron chi connectivity index (χ3n) is 3.17. The van der Waals surface area contributed by atoms with Gasteiger partial charge in [0.25, 0.3) is 0 Å². The quantitative estimate of drug-likeness (QED) is 0.827. The summed E-state index contributed by atoms with van der Waals surface area (Å²) in [5.74, 6) is 0. The molecule has 92 valence electrons. The van der Waals surface area contributed by atoms with Crippen LogP contribution in [0, 0.1) is 0 Å². The van der Waals surface area contributed by atoms with Gasteiger partial charge in [0.05, 0.1) is 12.8 Å². The lowest BCUT2D eigenvalue weighted by atomic mass is 10.2. The Balaban J connectivity index is 2.32. The predicted octanol–water partition coefficient (Wildman–Crippen LogP) is 3.96. The van der Waals surface area contributed by atoms with Crippen molar-refractivity contribution < 1.29 is 9.53 Å². The van der Waals surface area contributed by atoms with E-state index in [1.54, 1.807) is 4.90 Å². The van der Waals surface area contributed by atoms with Gasteiger partial charge in [-0.1, -0.05) is 25.0 Å². The van der Waals surface area contributed by atoms with Crippen LogP contribution in [-0.4, -0.2) is 19.2 Å². The molecular weight excluding hydrogens is 282 g/mol. The lowest BCUT2D eigenvalue weighted by Gasteiger charge is -2.28. The Kier molecular flexibility index (Phi) is 4.05. The molecule has 1 aliphatic rings. The number of ether oxygens (including phenoxy) is 1. The summed E-state index contributed by atoms with van der Waals surface area (Å²) in [7, 11) is 1.43. The number of rotatable bonds is 2. The molecule has 0 N–H and O–H groups in total. The highest BCUT2D eigenvalue weighted by atomic mass is 79.9. The van der Waals surface area contributed by atoms with Gasteiger partial charge in [0.2, 0.25) is 0 Å². The first kappa shape index (κ1) is 12.4. The van der Waals surface area contributed by atoms with E-state index < -0.39 is 0 Å². The topological polar surface area (TPSA) is 29.5 Å². The number of benzene rings is 1. The first-order valence-corrected chi connectivity index (χ1v) is 6.65. The molecule has 0 radical (unpaired) electrons. The Morgan fingerprint density at radius 2 is 2.00 bits per heavy atom. The van der Waals surface area contributed by atoms with E-state index in [0.717, 1.165) is 23.0 Å². The standard InChI is InChI=1S/C13H16BrNO2/c1-17-13(16)15(10-6-2-3-7-10)12-9-5-4-8-11(12)14/h4-5,8-10H,2-3,6-7H2,1H3. The second-order valence-electron chi connectivity index (χ2n) is 4.23. The minimum absolute atomic E-state index is 0.265. The zero-order valence-electron chi connectivity index (χ0n) is 9.86. The molecule has 1 aromatic rings. The molecule has 1 saturated carbocycles. The molecule has 0 unspecified atom stereocenters. The molecule has 17 heavy (non-hydrogen) atoms. The highest BCUT2D eigenvalue weighted by molar-refractivity contribution is 9.10. The van der Waals surface area contributed by atoms with Gasteiger partial charge in [-0.05, 0) is 40.9 Å². The van der Waals surface area contributed by atoms with Crippen molar-refractivity contribution in [3.63, 3.8) is 0 Å². The molecule has 3 nitrogen and oxygen atoms in total. The van der Waals surface area contributed by atoms with Gasteiger partial charge in [0, 0.05) is 10.5 Å². The number of nitrogens with zero attached hydrogens (tertiary/aromatic N) is 1. The average molecular weight is 298 g/mol. The van der Waals surface area contributed by atoms with E-state index in [1.807, 2.05) is 24.3 Å². The van der Waals surface area contributed by atoms with Crippen LogP contribution in [0.2, 0.25) is 0 Å². The fourth-order valence-electron chi connectivity index (χ4n) is 2.35. The Morgan fingerprint density at radius 3 is 2.59 bits per heavy atom. The largest absolute Gasteiger partial charge is 0.452 e. The highest BCUT2D eigenvalue weighted by Gasteiger charge is 2.29. The maximum Gasteiger partial charge on any atom is 0.414 e. The summed E-state index contributed by atoms with van der Waals surface area (Å²) < 4.78 is 5.83. The van der Waals surface area contributed by atoms with Crippen LogP contribution >= 0.6 is 15.9 Å². The van der Waals surface area contributed by atoms with E-state index in [9.17, 15) is 4.79 Å². The van der Waals surface area contributed by atoms with Crippen molar-refractivity contribution in [3.8, 4) is 0 Å². The molecule has 0 aliphatic heterocycles. The first-order valence-electron chi connectivity index (χ1n) is 5.85. The molecule has 0 atom stereocenters. The van der Waals surface area contributed by atoms with Gasteiger partial charge in [-0.2, -0.15) is 0 Å². The van der Waals surface area contributed by atoms with E-state index in [2.05, 4.69) is 15.9 Å². The summed E-state index contributed by atoms with van der Waals surface area (Å²) in [6.07, 6.45) is 4.20. The number of anilines is 1. The van der Waals surface area contributed by atoms with Gasteiger partial charge < -0.3 is 4.74 Å². The van der Waals surface area contributed by atoms with Gasteiger partial charge in [-0.25, -0.2) is 4.79 Å². The van der Waals surface area contributed by atoms with Crippen LogP contribution in [-0.2, 0) is 4.74 Å². The highest BCUT2D eigenvalue weighted by Crippen LogP contribution is 2.33. The number of halogens is 1. The normalized spacial score (nSPS) is 15.9. The summed E-state index contributed by atoms with van der Waals surface area (Å²) in [5.41, 5.74) is 0.895. The van der Waals surface area contributed by atoms with Crippen molar-refractivity contribution in [2.45, 2.75) is 31.7 Å². The number of methoxy groups -OCH3 is 1. The Bertz CT molecular complexity index is 402. The maximum atomic E-state index is 11.9. The lowest BCUT2D eigenvalue weighted by Crippen LogP contribution is -2.39. The fourth-order valence-corrected chi connectivity index (χ4v) is 2.83. The van der Waals surface area contributed by atoms with E-state index in [0.29, 0.717) is 0 Å². The zero-order chi connectivity index (χ0) is 12.3. The van der Waals surface area contributed by atoms with E-state index in [-0.39, 0.29) is 12.1 Å². The van der Waals surface area contributed by atoms with Crippen LogP contribution in [0.5, 0.6) is 0 Å². The van der Waals surface area contributed by atoms with Crippen molar-refractivity contribution in [1.29, 1.82) is 0 Å². The van der Waals surface area contributed by atoms with Crippen molar-refractivity contribution in [1.82, 2.24) is 0 Å². The van der Waals surface area contributed by atoms with Gasteiger partial charge in [-0.3, -0.25) is 4.90 Å². The summed E-state index contributed by atoms with van der Waals surface area (Å²) in [6.45, 7) is 0. The number of para-hydroxylation sites is 1. The number of carbonyl (C=O) groups excluding carboxylic acids is 1. The molecule has 2 rings (SSSR count). The molecule has 1 aromatic carbocycles. The second kappa shape index (κ2) is 5.54. The van der Waals surface area contributed by atoms with Crippen LogP contribution in [0.1, 0.15) is 25.7 Å². The first-order chi connectivity index (χ1) is 8.24. The molecule has 0 aromatic heterocycles. The molecule has 0 bridgehead atoms. The van der Waals surface area contributed by atoms with E-state index in [1.165, 1.54) is 20.0 Å². The van der Waals surface area contributed by atoms with Crippen LogP contribution in [0.3, 0.4) is 0 Å². The number of hydrogen-bond acceptors (Lipinski definition) is 2. The van der Waals surface area contributed by atoms with Gasteiger partial charge in [-0.15, -0.1) is 0 Å². The smallest absolute Gasteiger partial charge is 0.414 e. The molecule has 4 heteroatoms. The average Bonchev–Trinajstić information content (AvgIpc) is 2.85. The Morgan fingerprint density at radius 1 is 1.35 bits per heavy atom. The van der Waals surface area contributed by atoms with Crippen molar-refractivity contribution in [2.24, 2.45) is 0 Å². The predicted molar refractivity (Wildman–Crippen MR) is 71.3 cm³/mol. The van der Waals surface area contributed by atoms with Crippen molar-refractivity contribution in [3.05, 3.63) is 28.7 Å². The monoisotopic (exact) mass is 297 g/mol. The minimum Gasteiger partial charge on any atom is -0.452 e. The third kappa shape index (κ3) is 2.63. The van der Waals surface area contributed by atoms with Crippen molar-refractivity contribution in [2.75, 3.05) is 12.0 Å². The molecule has 1 fully saturated rings. The van der Waals surface area contributed by atoms with Crippen molar-refractivity contribution >= 4 is 27.7 Å². The van der Waals surface area contributed by atoms with Crippen LogP contribution in [0.25, 0.3) is 0 Å². The Hall–Kier alpha value is -1.03. The Labute approximate surface area is 110 Å². The molecule has 1 amide bonds. The second-order valence-corrected chi connectivity index (χ2v) is 5.08. The summed E-state index contributed by atoms with van der Waals surface area (Å²) in [6, 6.07) is 8.03. The minimum atomic E-state index is -0.274. The molecular formula is C13H16BrNO2. The van der Waals surface area contributed by atoms with Gasteiger partial charge in [0.15, 0.2) is 0 Å². The number of carbonyl (C=O) groups is 1. The van der Waals surface area contributed by atoms with Crippen LogP contribution in [0.4, 0.5) is 10.5 Å². The van der Waals surface area contributed by atoms with Gasteiger partial charge >= 0.3 is 6.09 Å². The summed E-state index contributed by atoms with van der Waals surface area (Å²) >= 11 is 3.49. The third-order valence-corrected chi connectivity index (χ3v) is 3.84. The SMILES string of the molecule is COC(=O)N(c1ccccc1Br)C1CCCC1. The molecule has 1 aliphatic carbocycles. The number of amides is 1. The lowest BCUT2D eigenvalue weighted by molar-refractivity contribution is 0.176. The van der Waals surface area contributed by atoms with E-state index in [4.69, 9.17) is 4.74 Å². The van der Waals surface area contributed by atoms with E-state index >= 15 is 0 Å². The zero-order valence-corrected chi connectivity index (χ0v) is 11.4. The molecule has 0 heterocycles. The molecule has 0 saturated heterocycles. The van der Waals surface area contributed by atoms with Gasteiger partial charge in [0.1, 0.15) is 0 Å². The number of hydrogen-bond donors (Lipinski definition) is 0. The van der Waals surface area contributed by atoms with Crippen LogP contribution in [0.15, 0.2) is 28.7 Å². The summed E-state index contributed by atoms with van der Waals surface area (Å²) in [4.78, 5) is 13.7. The molecule has 0 spiro atoms.